The maximum atomic E-state index is 14.4. The lowest BCUT2D eigenvalue weighted by Crippen LogP contribution is -2.43. The van der Waals surface area contributed by atoms with E-state index in [2.05, 4.69) is 4.99 Å². The van der Waals surface area contributed by atoms with Gasteiger partial charge in [0.15, 0.2) is 5.17 Å². The summed E-state index contributed by atoms with van der Waals surface area (Å²) in [6.45, 7) is 0. The Balaban J connectivity index is 2.17. The summed E-state index contributed by atoms with van der Waals surface area (Å²) in [7, 11) is 1.66. The van der Waals surface area contributed by atoms with Gasteiger partial charge in [0.05, 0.1) is 5.54 Å². The quantitative estimate of drug-likeness (QED) is 0.800. The summed E-state index contributed by atoms with van der Waals surface area (Å²) < 4.78 is 27.9. The number of hydrogen-bond donors (Lipinski definition) is 1. The third-order valence-electron chi connectivity index (χ3n) is 4.49. The van der Waals surface area contributed by atoms with Crippen molar-refractivity contribution in [1.82, 2.24) is 0 Å². The minimum absolute atomic E-state index is 0.285. The topological polar surface area (TPSA) is 38.4 Å². The molecule has 0 saturated heterocycles. The first-order valence-corrected chi connectivity index (χ1v) is 7.96. The van der Waals surface area contributed by atoms with Crippen molar-refractivity contribution < 1.29 is 8.78 Å². The predicted molar refractivity (Wildman–Crippen MR) is 82.3 cm³/mol. The van der Waals surface area contributed by atoms with Crippen LogP contribution in [0.5, 0.6) is 0 Å². The number of benzene rings is 1. The molecule has 0 radical (unpaired) electrons. The number of amidine groups is 1. The fourth-order valence-corrected chi connectivity index (χ4v) is 4.46. The van der Waals surface area contributed by atoms with E-state index >= 15 is 0 Å². The number of thioether (sulfide) groups is 1. The van der Waals surface area contributed by atoms with Gasteiger partial charge < -0.3 is 5.73 Å². The maximum Gasteiger partial charge on any atom is 0.154 e. The molecule has 0 bridgehead atoms. The zero-order chi connectivity index (χ0) is 14.3. The summed E-state index contributed by atoms with van der Waals surface area (Å²) in [4.78, 5) is 4.63. The molecule has 1 aliphatic heterocycles. The van der Waals surface area contributed by atoms with E-state index in [-0.39, 0.29) is 5.92 Å². The van der Waals surface area contributed by atoms with E-state index < -0.39 is 17.2 Å². The fourth-order valence-electron chi connectivity index (χ4n) is 3.42. The summed E-state index contributed by atoms with van der Waals surface area (Å²) in [5.74, 6) is 0.152. The Hall–Kier alpha value is -1.04. The molecule has 6 heteroatoms. The number of fused-ring (bicyclic) bond motifs is 1. The molecule has 1 aliphatic carbocycles. The number of rotatable bonds is 1. The zero-order valence-electron chi connectivity index (χ0n) is 11.5. The van der Waals surface area contributed by atoms with E-state index in [1.54, 1.807) is 25.7 Å². The molecule has 2 atom stereocenters. The monoisotopic (exact) mass is 294 g/mol. The van der Waals surface area contributed by atoms with E-state index in [9.17, 15) is 8.78 Å². The lowest BCUT2D eigenvalue weighted by atomic mass is 9.69. The van der Waals surface area contributed by atoms with Crippen LogP contribution in [0.1, 0.15) is 31.2 Å². The molecule has 1 aromatic carbocycles. The van der Waals surface area contributed by atoms with Crippen molar-refractivity contribution in [1.29, 1.82) is 0 Å². The largest absolute Gasteiger partial charge is 0.379 e. The number of nitrogens with two attached hydrogens (primary N) is 1. The van der Waals surface area contributed by atoms with Gasteiger partial charge in [0.2, 0.25) is 0 Å². The molecule has 1 heterocycles. The van der Waals surface area contributed by atoms with E-state index in [1.165, 1.54) is 0 Å². The van der Waals surface area contributed by atoms with Gasteiger partial charge in [0, 0.05) is 17.4 Å². The first kappa shape index (κ1) is 13.9. The summed E-state index contributed by atoms with van der Waals surface area (Å²) in [5, 5.41) is 0.518. The van der Waals surface area contributed by atoms with Crippen molar-refractivity contribution in [2.75, 3.05) is 5.75 Å². The Morgan fingerprint density at radius 3 is 2.90 bits per heavy atom. The molecule has 20 heavy (non-hydrogen) atoms. The Labute approximate surface area is 122 Å². The van der Waals surface area contributed by atoms with Crippen LogP contribution in [-0.4, -0.2) is 18.8 Å². The molecule has 2 nitrogen and oxygen atoms in total. The molecule has 1 aromatic rings. The van der Waals surface area contributed by atoms with Gasteiger partial charge in [-0.05, 0) is 18.8 Å². The molecule has 1 fully saturated rings. The third kappa shape index (κ3) is 2.14. The molecule has 0 unspecified atom stereocenters. The van der Waals surface area contributed by atoms with Crippen LogP contribution in [0.25, 0.3) is 0 Å². The lowest BCUT2D eigenvalue weighted by Gasteiger charge is -2.44. The Bertz CT molecular complexity index is 579. The highest BCUT2D eigenvalue weighted by Gasteiger charge is 2.46. The second kappa shape index (κ2) is 5.06. The number of hydrogen-bond acceptors (Lipinski definition) is 3. The number of aliphatic imine (C=N–C) groups is 1. The van der Waals surface area contributed by atoms with Crippen molar-refractivity contribution in [3.8, 4) is 0 Å². The number of halogens is 2. The standard InChI is InChI=1S/C14H17BF2N2S/c15-10-5-9(11(16)6-12(10)17)14-4-2-1-3-8(14)7-20-13(18)19-14/h5-6,8H,1-4,7,15H2,(H2,18,19)/t8-,14-/m0/s1. The second-order valence-corrected chi connectivity index (χ2v) is 6.75. The van der Waals surface area contributed by atoms with E-state index in [0.29, 0.717) is 16.2 Å². The van der Waals surface area contributed by atoms with Gasteiger partial charge in [-0.3, -0.25) is 4.99 Å². The lowest BCUT2D eigenvalue weighted by molar-refractivity contribution is 0.206. The maximum absolute atomic E-state index is 14.4. The molecule has 3 rings (SSSR count). The van der Waals surface area contributed by atoms with Crippen LogP contribution >= 0.6 is 11.8 Å². The van der Waals surface area contributed by atoms with Crippen molar-refractivity contribution in [2.24, 2.45) is 16.6 Å². The van der Waals surface area contributed by atoms with Gasteiger partial charge >= 0.3 is 0 Å². The summed E-state index contributed by atoms with van der Waals surface area (Å²) >= 11 is 1.54. The van der Waals surface area contributed by atoms with Crippen LogP contribution in [0.15, 0.2) is 17.1 Å². The minimum Gasteiger partial charge on any atom is -0.379 e. The van der Waals surface area contributed by atoms with Gasteiger partial charge in [-0.15, -0.1) is 0 Å². The van der Waals surface area contributed by atoms with E-state index in [0.717, 1.165) is 37.5 Å². The molecule has 0 spiro atoms. The molecule has 2 aliphatic rings. The highest BCUT2D eigenvalue weighted by atomic mass is 32.2. The van der Waals surface area contributed by atoms with Gasteiger partial charge in [0.25, 0.3) is 0 Å². The molecule has 0 amide bonds. The zero-order valence-corrected chi connectivity index (χ0v) is 12.3. The van der Waals surface area contributed by atoms with Crippen molar-refractivity contribution in [3.05, 3.63) is 29.3 Å². The summed E-state index contributed by atoms with van der Waals surface area (Å²) in [6, 6.07) is 2.61. The normalized spacial score (nSPS) is 29.7. The summed E-state index contributed by atoms with van der Waals surface area (Å²) in [5.41, 5.74) is 6.29. The average molecular weight is 294 g/mol. The molecular formula is C14H17BF2N2S. The van der Waals surface area contributed by atoms with E-state index in [1.807, 2.05) is 0 Å². The minimum atomic E-state index is -0.587. The third-order valence-corrected chi connectivity index (χ3v) is 5.45. The fraction of sp³-hybridized carbons (Fsp3) is 0.500. The smallest absolute Gasteiger partial charge is 0.154 e. The van der Waals surface area contributed by atoms with Crippen molar-refractivity contribution >= 4 is 30.2 Å². The van der Waals surface area contributed by atoms with Crippen LogP contribution in [0.3, 0.4) is 0 Å². The highest BCUT2D eigenvalue weighted by Crippen LogP contribution is 2.49. The predicted octanol–water partition coefficient (Wildman–Crippen LogP) is 1.67. The molecule has 1 saturated carbocycles. The first-order chi connectivity index (χ1) is 9.53. The average Bonchev–Trinajstić information content (AvgIpc) is 2.42. The second-order valence-electron chi connectivity index (χ2n) is 5.71. The molecule has 2 N–H and O–H groups in total. The van der Waals surface area contributed by atoms with Crippen LogP contribution in [-0.2, 0) is 5.54 Å². The van der Waals surface area contributed by atoms with Gasteiger partial charge in [0.1, 0.15) is 19.5 Å². The molecule has 106 valence electrons. The van der Waals surface area contributed by atoms with Crippen LogP contribution in [0.4, 0.5) is 8.78 Å². The Morgan fingerprint density at radius 1 is 1.30 bits per heavy atom. The van der Waals surface area contributed by atoms with Gasteiger partial charge in [-0.1, -0.05) is 36.1 Å². The highest BCUT2D eigenvalue weighted by molar-refractivity contribution is 8.13. The van der Waals surface area contributed by atoms with Crippen LogP contribution < -0.4 is 11.2 Å². The van der Waals surface area contributed by atoms with Crippen LogP contribution in [0.2, 0.25) is 0 Å². The molecular weight excluding hydrogens is 277 g/mol. The van der Waals surface area contributed by atoms with E-state index in [4.69, 9.17) is 5.73 Å². The van der Waals surface area contributed by atoms with Gasteiger partial charge in [-0.2, -0.15) is 0 Å². The number of nitrogens with zero attached hydrogens (tertiary/aromatic N) is 1. The first-order valence-electron chi connectivity index (χ1n) is 6.97. The van der Waals surface area contributed by atoms with Crippen molar-refractivity contribution in [2.45, 2.75) is 31.2 Å². The Kier molecular flexibility index (Phi) is 3.52. The van der Waals surface area contributed by atoms with Crippen molar-refractivity contribution in [3.63, 3.8) is 0 Å². The molecule has 0 aromatic heterocycles. The van der Waals surface area contributed by atoms with Gasteiger partial charge in [-0.25, -0.2) is 8.78 Å². The van der Waals surface area contributed by atoms with Crippen LogP contribution in [0, 0.1) is 17.6 Å². The summed E-state index contributed by atoms with van der Waals surface area (Å²) in [6.07, 6.45) is 3.97. The SMILES string of the molecule is Bc1cc([C@]23CCCC[C@H]2CSC(N)=N3)c(F)cc1F. The Morgan fingerprint density at radius 2 is 2.10 bits per heavy atom.